The molecular weight excluding hydrogens is 515 g/mol. The van der Waals surface area contributed by atoms with Crippen molar-refractivity contribution in [1.29, 1.82) is 0 Å². The summed E-state index contributed by atoms with van der Waals surface area (Å²) in [5.41, 5.74) is 0.822. The number of aliphatic hydroxyl groups is 1. The van der Waals surface area contributed by atoms with Gasteiger partial charge in [0.15, 0.2) is 0 Å². The molecule has 4 rings (SSSR count). The summed E-state index contributed by atoms with van der Waals surface area (Å²) in [4.78, 5) is 15.8. The second-order valence-corrected chi connectivity index (χ2v) is 11.6. The molecule has 0 spiro atoms. The van der Waals surface area contributed by atoms with Gasteiger partial charge >= 0.3 is 6.18 Å². The Balaban J connectivity index is 1.79. The van der Waals surface area contributed by atoms with Crippen LogP contribution in [0.15, 0.2) is 60.3 Å². The van der Waals surface area contributed by atoms with Gasteiger partial charge in [0.25, 0.3) is 0 Å². The first-order valence-corrected chi connectivity index (χ1v) is 13.7. The highest BCUT2D eigenvalue weighted by atomic mass is 19.4. The number of hydrogen-bond donors (Lipinski definition) is 2. The van der Waals surface area contributed by atoms with E-state index in [1.807, 2.05) is 0 Å². The van der Waals surface area contributed by atoms with Gasteiger partial charge in [0, 0.05) is 23.7 Å². The van der Waals surface area contributed by atoms with Crippen molar-refractivity contribution in [1.82, 2.24) is 19.9 Å². The standard InChI is InChI=1S/C31H38F3N5O/c1-6-16-39(17-18-40)20-26-36-25-19-21(27-24(31(32,33)34)8-7-15-35-27)9-10-23(25)28(37-26)38-30(5)13-11-22(12-14-30)29(2,3)4/h7-13,15,19,40H,6,14,16-18,20H2,1-5H3,(H,36,37,38). The Hall–Kier alpha value is -3.30. The molecule has 1 unspecified atom stereocenters. The van der Waals surface area contributed by atoms with Crippen LogP contribution in [0.4, 0.5) is 19.0 Å². The van der Waals surface area contributed by atoms with Gasteiger partial charge in [0.05, 0.1) is 35.5 Å². The van der Waals surface area contributed by atoms with E-state index < -0.39 is 17.3 Å². The smallest absolute Gasteiger partial charge is 0.395 e. The zero-order chi connectivity index (χ0) is 29.1. The lowest BCUT2D eigenvalue weighted by molar-refractivity contribution is -0.137. The number of benzene rings is 1. The molecule has 1 aliphatic rings. The monoisotopic (exact) mass is 553 g/mol. The molecule has 1 atom stereocenters. The van der Waals surface area contributed by atoms with Crippen LogP contribution >= 0.6 is 0 Å². The van der Waals surface area contributed by atoms with Crippen molar-refractivity contribution in [2.45, 2.75) is 65.7 Å². The van der Waals surface area contributed by atoms with E-state index >= 15 is 0 Å². The zero-order valence-corrected chi connectivity index (χ0v) is 23.8. The van der Waals surface area contributed by atoms with E-state index in [0.29, 0.717) is 41.2 Å². The van der Waals surface area contributed by atoms with Crippen LogP contribution in [0.25, 0.3) is 22.2 Å². The molecule has 2 aromatic heterocycles. The number of anilines is 1. The van der Waals surface area contributed by atoms with Crippen molar-refractivity contribution < 1.29 is 18.3 Å². The molecule has 0 amide bonds. The van der Waals surface area contributed by atoms with Crippen LogP contribution < -0.4 is 5.32 Å². The predicted molar refractivity (Wildman–Crippen MR) is 154 cm³/mol. The van der Waals surface area contributed by atoms with E-state index in [1.165, 1.54) is 17.8 Å². The number of halogens is 3. The predicted octanol–water partition coefficient (Wildman–Crippen LogP) is 7.02. The lowest BCUT2D eigenvalue weighted by atomic mass is 9.79. The van der Waals surface area contributed by atoms with Crippen molar-refractivity contribution in [3.8, 4) is 11.3 Å². The van der Waals surface area contributed by atoms with Crippen LogP contribution in [0.5, 0.6) is 0 Å². The Bertz CT molecular complexity index is 1400. The number of rotatable bonds is 9. The number of aromatic nitrogens is 3. The van der Waals surface area contributed by atoms with Crippen LogP contribution in [0.1, 0.15) is 58.8 Å². The first-order chi connectivity index (χ1) is 18.8. The van der Waals surface area contributed by atoms with E-state index in [2.05, 4.69) is 68.0 Å². The first kappa shape index (κ1) is 29.7. The van der Waals surface area contributed by atoms with E-state index in [-0.39, 0.29) is 17.7 Å². The van der Waals surface area contributed by atoms with Crippen LogP contribution in [0.2, 0.25) is 0 Å². The third-order valence-corrected chi connectivity index (χ3v) is 7.10. The Morgan fingerprint density at radius 2 is 1.88 bits per heavy atom. The third-order valence-electron chi connectivity index (χ3n) is 7.10. The average Bonchev–Trinajstić information content (AvgIpc) is 2.88. The van der Waals surface area contributed by atoms with Gasteiger partial charge in [0.1, 0.15) is 11.6 Å². The molecule has 0 fully saturated rings. The fourth-order valence-corrected chi connectivity index (χ4v) is 4.93. The fraction of sp³-hybridized carbons (Fsp3) is 0.452. The summed E-state index contributed by atoms with van der Waals surface area (Å²) in [6.45, 7) is 12.3. The minimum absolute atomic E-state index is 0.00798. The van der Waals surface area contributed by atoms with Gasteiger partial charge in [0.2, 0.25) is 0 Å². The molecule has 0 bridgehead atoms. The summed E-state index contributed by atoms with van der Waals surface area (Å²) in [6.07, 6.45) is 5.00. The van der Waals surface area contributed by atoms with Gasteiger partial charge in [-0.1, -0.05) is 52.0 Å². The highest BCUT2D eigenvalue weighted by molar-refractivity contribution is 5.92. The van der Waals surface area contributed by atoms with Crippen LogP contribution in [0, 0.1) is 5.41 Å². The third kappa shape index (κ3) is 6.88. The SMILES string of the molecule is CCCN(CCO)Cc1nc(NC2(C)C=CC(C(C)(C)C)=CC2)c2ccc(-c3ncccc3C(F)(F)F)cc2n1. The Labute approximate surface area is 234 Å². The molecule has 2 heterocycles. The molecule has 0 saturated heterocycles. The average molecular weight is 554 g/mol. The molecule has 6 nitrogen and oxygen atoms in total. The quantitative estimate of drug-likeness (QED) is 0.297. The first-order valence-electron chi connectivity index (χ1n) is 13.7. The highest BCUT2D eigenvalue weighted by Crippen LogP contribution is 2.38. The van der Waals surface area contributed by atoms with Gasteiger partial charge < -0.3 is 10.4 Å². The summed E-state index contributed by atoms with van der Waals surface area (Å²) < 4.78 is 41.3. The molecule has 0 saturated carbocycles. The summed E-state index contributed by atoms with van der Waals surface area (Å²) in [7, 11) is 0. The molecule has 214 valence electrons. The van der Waals surface area contributed by atoms with Gasteiger partial charge in [-0.15, -0.1) is 0 Å². The second kappa shape index (κ2) is 11.7. The lowest BCUT2D eigenvalue weighted by Gasteiger charge is -2.33. The molecule has 0 radical (unpaired) electrons. The summed E-state index contributed by atoms with van der Waals surface area (Å²) in [5.74, 6) is 1.14. The summed E-state index contributed by atoms with van der Waals surface area (Å²) in [5, 5.41) is 13.9. The minimum Gasteiger partial charge on any atom is -0.395 e. The van der Waals surface area contributed by atoms with E-state index in [1.54, 1.807) is 18.2 Å². The maximum Gasteiger partial charge on any atom is 0.418 e. The molecule has 3 aromatic rings. The molecular formula is C31H38F3N5O. The number of alkyl halides is 3. The van der Waals surface area contributed by atoms with Gasteiger partial charge in [-0.3, -0.25) is 9.88 Å². The molecule has 0 aliphatic heterocycles. The van der Waals surface area contributed by atoms with Crippen molar-refractivity contribution >= 4 is 16.7 Å². The van der Waals surface area contributed by atoms with Crippen molar-refractivity contribution in [2.75, 3.05) is 25.0 Å². The van der Waals surface area contributed by atoms with Gasteiger partial charge in [-0.2, -0.15) is 13.2 Å². The number of hydrogen-bond acceptors (Lipinski definition) is 6. The fourth-order valence-electron chi connectivity index (χ4n) is 4.93. The maximum absolute atomic E-state index is 13.8. The van der Waals surface area contributed by atoms with Crippen LogP contribution in [-0.4, -0.2) is 50.2 Å². The van der Waals surface area contributed by atoms with Crippen molar-refractivity contribution in [2.24, 2.45) is 5.41 Å². The summed E-state index contributed by atoms with van der Waals surface area (Å²) in [6, 6.07) is 7.38. The topological polar surface area (TPSA) is 74.2 Å². The maximum atomic E-state index is 13.8. The number of nitrogens with zero attached hydrogens (tertiary/aromatic N) is 4. The molecule has 1 aliphatic carbocycles. The molecule has 1 aromatic carbocycles. The number of allylic oxidation sites excluding steroid dienone is 2. The highest BCUT2D eigenvalue weighted by Gasteiger charge is 2.34. The number of aliphatic hydroxyl groups excluding tert-OH is 1. The van der Waals surface area contributed by atoms with E-state index in [9.17, 15) is 18.3 Å². The van der Waals surface area contributed by atoms with Crippen molar-refractivity contribution in [3.05, 3.63) is 71.7 Å². The van der Waals surface area contributed by atoms with Gasteiger partial charge in [-0.05, 0) is 61.6 Å². The lowest BCUT2D eigenvalue weighted by Crippen LogP contribution is -2.35. The van der Waals surface area contributed by atoms with Crippen LogP contribution in [0.3, 0.4) is 0 Å². The largest absolute Gasteiger partial charge is 0.418 e. The molecule has 9 heteroatoms. The second-order valence-electron chi connectivity index (χ2n) is 11.6. The Morgan fingerprint density at radius 3 is 2.50 bits per heavy atom. The van der Waals surface area contributed by atoms with E-state index in [4.69, 9.17) is 9.97 Å². The van der Waals surface area contributed by atoms with Gasteiger partial charge in [-0.25, -0.2) is 9.97 Å². The van der Waals surface area contributed by atoms with Crippen LogP contribution in [-0.2, 0) is 12.7 Å². The Kier molecular flexibility index (Phi) is 8.66. The molecule has 40 heavy (non-hydrogen) atoms. The van der Waals surface area contributed by atoms with E-state index in [0.717, 1.165) is 25.5 Å². The minimum atomic E-state index is -4.53. The summed E-state index contributed by atoms with van der Waals surface area (Å²) >= 11 is 0. The molecule has 2 N–H and O–H groups in total. The number of pyridine rings is 1. The number of fused-ring (bicyclic) bond motifs is 1. The zero-order valence-electron chi connectivity index (χ0n) is 23.8. The Morgan fingerprint density at radius 1 is 1.10 bits per heavy atom. The number of nitrogens with one attached hydrogen (secondary N) is 1. The normalized spacial score (nSPS) is 17.9. The van der Waals surface area contributed by atoms with Crippen molar-refractivity contribution in [3.63, 3.8) is 0 Å².